The third kappa shape index (κ3) is 4.51. The summed E-state index contributed by atoms with van der Waals surface area (Å²) < 4.78 is 3.06. The van der Waals surface area contributed by atoms with E-state index in [4.69, 9.17) is 0 Å². The molecule has 1 heterocycles. The number of amides is 3. The van der Waals surface area contributed by atoms with Gasteiger partial charge in [-0.25, -0.2) is 4.68 Å². The van der Waals surface area contributed by atoms with Gasteiger partial charge in [0.2, 0.25) is 0 Å². The number of anilines is 1. The Morgan fingerprint density at radius 3 is 2.28 bits per heavy atom. The molecule has 148 valence electrons. The molecule has 0 atom stereocenters. The number of carbonyl (C=O) groups is 3. The fraction of sp³-hybridized carbons (Fsp3) is 0.150. The maximum Gasteiger partial charge on any atom is 0.328 e. The Bertz CT molecular complexity index is 1120. The van der Waals surface area contributed by atoms with Crippen LogP contribution >= 0.6 is 31.9 Å². The summed E-state index contributed by atoms with van der Waals surface area (Å²) in [5, 5.41) is 6.18. The smallest absolute Gasteiger partial charge is 0.328 e. The third-order valence-corrected chi connectivity index (χ3v) is 5.45. The maximum atomic E-state index is 12.9. The van der Waals surface area contributed by atoms with E-state index in [-0.39, 0.29) is 11.7 Å². The number of benzene rings is 2. The molecule has 0 unspecified atom stereocenters. The van der Waals surface area contributed by atoms with Crippen LogP contribution in [0.15, 0.2) is 57.5 Å². The predicted molar refractivity (Wildman–Crippen MR) is 117 cm³/mol. The second kappa shape index (κ2) is 8.00. The number of hydrogen-bond donors (Lipinski definition) is 3. The fourth-order valence-electron chi connectivity index (χ4n) is 2.83. The van der Waals surface area contributed by atoms with Crippen molar-refractivity contribution in [2.75, 3.05) is 10.7 Å². The Balaban J connectivity index is 1.65. The summed E-state index contributed by atoms with van der Waals surface area (Å²) in [5.41, 5.74) is 3.95. The van der Waals surface area contributed by atoms with Gasteiger partial charge in [0.05, 0.1) is 5.52 Å². The maximum absolute atomic E-state index is 12.9. The number of nitrogens with zero attached hydrogens (tertiary/aromatic N) is 1. The van der Waals surface area contributed by atoms with Crippen LogP contribution < -0.4 is 16.1 Å². The summed E-state index contributed by atoms with van der Waals surface area (Å²) in [5.74, 6) is -1.96. The summed E-state index contributed by atoms with van der Waals surface area (Å²) in [6, 6.07) is 14.2. The predicted octanol–water partition coefficient (Wildman–Crippen LogP) is 3.77. The normalized spacial score (nSPS) is 13.2. The Morgan fingerprint density at radius 1 is 0.897 bits per heavy atom. The van der Waals surface area contributed by atoms with E-state index in [2.05, 4.69) is 47.9 Å². The van der Waals surface area contributed by atoms with Crippen LogP contribution in [0.4, 0.5) is 5.69 Å². The van der Waals surface area contributed by atoms with Gasteiger partial charge in [-0.2, -0.15) is 0 Å². The molecular weight excluding hydrogens is 504 g/mol. The lowest BCUT2D eigenvalue weighted by Crippen LogP contribution is -2.40. The van der Waals surface area contributed by atoms with Crippen LogP contribution in [0, 0.1) is 0 Å². The van der Waals surface area contributed by atoms with Gasteiger partial charge in [0.1, 0.15) is 5.69 Å². The first-order valence-electron chi connectivity index (χ1n) is 8.90. The molecule has 9 heteroatoms. The zero-order valence-electron chi connectivity index (χ0n) is 15.0. The highest BCUT2D eigenvalue weighted by atomic mass is 79.9. The molecule has 1 aliphatic carbocycles. The zero-order chi connectivity index (χ0) is 20.5. The molecule has 1 fully saturated rings. The number of carbonyl (C=O) groups excluding carboxylic acids is 3. The van der Waals surface area contributed by atoms with Crippen molar-refractivity contribution in [3.8, 4) is 0 Å². The van der Waals surface area contributed by atoms with Crippen LogP contribution in [0.2, 0.25) is 0 Å². The SMILES string of the molecule is O=C(NC1CC1)C(=O)Nn1c(C(=O)Nc2ccc(Br)cc2)cc2cc(Br)ccc21. The molecule has 1 aromatic heterocycles. The topological polar surface area (TPSA) is 92.2 Å². The number of halogens is 2. The highest BCUT2D eigenvalue weighted by Crippen LogP contribution is 2.24. The summed E-state index contributed by atoms with van der Waals surface area (Å²) in [4.78, 5) is 37.3. The van der Waals surface area contributed by atoms with Gasteiger partial charge >= 0.3 is 11.8 Å². The Labute approximate surface area is 183 Å². The average molecular weight is 520 g/mol. The number of fused-ring (bicyclic) bond motifs is 1. The van der Waals surface area contributed by atoms with Crippen LogP contribution in [0.5, 0.6) is 0 Å². The lowest BCUT2D eigenvalue weighted by atomic mass is 10.2. The molecule has 0 radical (unpaired) electrons. The molecule has 1 aliphatic rings. The van der Waals surface area contributed by atoms with E-state index in [0.29, 0.717) is 11.2 Å². The molecule has 7 nitrogen and oxygen atoms in total. The van der Waals surface area contributed by atoms with Crippen molar-refractivity contribution in [1.29, 1.82) is 0 Å². The van der Waals surface area contributed by atoms with E-state index >= 15 is 0 Å². The lowest BCUT2D eigenvalue weighted by Gasteiger charge is -2.12. The van der Waals surface area contributed by atoms with Gasteiger partial charge in [0.15, 0.2) is 0 Å². The van der Waals surface area contributed by atoms with E-state index in [1.807, 2.05) is 18.2 Å². The number of nitrogens with one attached hydrogen (secondary N) is 3. The quantitative estimate of drug-likeness (QED) is 0.458. The molecule has 1 saturated carbocycles. The number of aromatic nitrogens is 1. The van der Waals surface area contributed by atoms with Crippen molar-refractivity contribution in [3.05, 3.63) is 63.2 Å². The Kier molecular flexibility index (Phi) is 5.42. The van der Waals surface area contributed by atoms with E-state index in [1.165, 1.54) is 4.68 Å². The van der Waals surface area contributed by atoms with Gasteiger partial charge in [-0.3, -0.25) is 19.8 Å². The van der Waals surface area contributed by atoms with E-state index in [9.17, 15) is 14.4 Å². The molecule has 29 heavy (non-hydrogen) atoms. The molecule has 0 bridgehead atoms. The van der Waals surface area contributed by atoms with Gasteiger partial charge in [-0.1, -0.05) is 31.9 Å². The molecular formula is C20H16Br2N4O3. The van der Waals surface area contributed by atoms with Crippen molar-refractivity contribution in [1.82, 2.24) is 9.99 Å². The first-order chi connectivity index (χ1) is 13.9. The van der Waals surface area contributed by atoms with Crippen LogP contribution in [-0.2, 0) is 9.59 Å². The summed E-state index contributed by atoms with van der Waals surface area (Å²) in [6.07, 6.45) is 1.75. The first-order valence-corrected chi connectivity index (χ1v) is 10.5. The van der Waals surface area contributed by atoms with E-state index in [1.54, 1.807) is 30.3 Å². The Morgan fingerprint density at radius 2 is 1.59 bits per heavy atom. The molecule has 0 aliphatic heterocycles. The van der Waals surface area contributed by atoms with E-state index in [0.717, 1.165) is 27.2 Å². The average Bonchev–Trinajstić information content (AvgIpc) is 3.43. The van der Waals surface area contributed by atoms with Crippen LogP contribution in [0.25, 0.3) is 10.9 Å². The van der Waals surface area contributed by atoms with Gasteiger partial charge < -0.3 is 10.6 Å². The molecule has 3 aromatic rings. The summed E-state index contributed by atoms with van der Waals surface area (Å²) in [6.45, 7) is 0. The summed E-state index contributed by atoms with van der Waals surface area (Å²) >= 11 is 6.76. The standard InChI is InChI=1S/C20H16Br2N4O3/c21-12-1-4-14(5-2-12)23-18(27)17-10-11-9-13(22)3-8-16(11)26(17)25-20(29)19(28)24-15-6-7-15/h1-5,8-10,15H,6-7H2,(H,23,27)(H,24,28)(H,25,29). The summed E-state index contributed by atoms with van der Waals surface area (Å²) in [7, 11) is 0. The molecule has 0 spiro atoms. The lowest BCUT2D eigenvalue weighted by molar-refractivity contribution is -0.136. The first kappa shape index (κ1) is 19.7. The highest BCUT2D eigenvalue weighted by Gasteiger charge is 2.27. The highest BCUT2D eigenvalue weighted by molar-refractivity contribution is 9.10. The minimum absolute atomic E-state index is 0.0609. The van der Waals surface area contributed by atoms with Crippen molar-refractivity contribution in [2.45, 2.75) is 18.9 Å². The van der Waals surface area contributed by atoms with Crippen molar-refractivity contribution in [3.63, 3.8) is 0 Å². The monoisotopic (exact) mass is 518 g/mol. The molecule has 0 saturated heterocycles. The molecule has 4 rings (SSSR count). The van der Waals surface area contributed by atoms with Gasteiger partial charge in [0.25, 0.3) is 5.91 Å². The van der Waals surface area contributed by atoms with Crippen molar-refractivity contribution >= 4 is 66.2 Å². The molecule has 3 amide bonds. The second-order valence-electron chi connectivity index (χ2n) is 6.72. The molecule has 2 aromatic carbocycles. The van der Waals surface area contributed by atoms with Crippen molar-refractivity contribution < 1.29 is 14.4 Å². The van der Waals surface area contributed by atoms with E-state index < -0.39 is 17.7 Å². The van der Waals surface area contributed by atoms with Crippen LogP contribution in [0.1, 0.15) is 23.3 Å². The van der Waals surface area contributed by atoms with Crippen molar-refractivity contribution in [2.24, 2.45) is 0 Å². The zero-order valence-corrected chi connectivity index (χ0v) is 18.2. The minimum Gasteiger partial charge on any atom is -0.345 e. The van der Waals surface area contributed by atoms with Gasteiger partial charge in [0, 0.05) is 26.1 Å². The number of rotatable bonds is 4. The van der Waals surface area contributed by atoms with Gasteiger partial charge in [-0.05, 0) is 61.4 Å². The largest absolute Gasteiger partial charge is 0.345 e. The van der Waals surface area contributed by atoms with Crippen LogP contribution in [-0.4, -0.2) is 28.4 Å². The minimum atomic E-state index is -0.824. The second-order valence-corrected chi connectivity index (χ2v) is 8.55. The third-order valence-electron chi connectivity index (χ3n) is 4.43. The fourth-order valence-corrected chi connectivity index (χ4v) is 3.48. The number of hydrogen-bond acceptors (Lipinski definition) is 3. The Hall–Kier alpha value is -2.65. The van der Waals surface area contributed by atoms with Crippen LogP contribution in [0.3, 0.4) is 0 Å². The van der Waals surface area contributed by atoms with Gasteiger partial charge in [-0.15, -0.1) is 0 Å². The molecule has 3 N–H and O–H groups in total.